The molecular weight excluding hydrogens is 408 g/mol. The van der Waals surface area contributed by atoms with Gasteiger partial charge in [0.05, 0.1) is 10.6 Å². The van der Waals surface area contributed by atoms with Crippen LogP contribution in [0.3, 0.4) is 0 Å². The first-order valence-electron chi connectivity index (χ1n) is 10.6. The molecule has 0 radical (unpaired) electrons. The van der Waals surface area contributed by atoms with Gasteiger partial charge in [-0.25, -0.2) is 8.42 Å². The average molecular weight is 433 g/mol. The minimum Gasteiger partial charge on any atom is -0.305 e. The second kappa shape index (κ2) is 7.54. The second-order valence-electron chi connectivity index (χ2n) is 8.19. The van der Waals surface area contributed by atoms with Crippen LogP contribution in [0.1, 0.15) is 34.8 Å². The van der Waals surface area contributed by atoms with Gasteiger partial charge in [0.1, 0.15) is 0 Å². The number of sulfonamides is 1. The highest BCUT2D eigenvalue weighted by Gasteiger charge is 2.34. The maximum Gasteiger partial charge on any atom is 0.264 e. The Balaban J connectivity index is 1.51. The van der Waals surface area contributed by atoms with Crippen molar-refractivity contribution in [2.45, 2.75) is 37.1 Å². The van der Waals surface area contributed by atoms with E-state index < -0.39 is 10.0 Å². The lowest BCUT2D eigenvalue weighted by Gasteiger charge is -2.30. The molecule has 0 bridgehead atoms. The monoisotopic (exact) mass is 432 g/mol. The normalized spacial score (nSPS) is 17.9. The highest BCUT2D eigenvalue weighted by Crippen LogP contribution is 2.37. The maximum atomic E-state index is 13.5. The summed E-state index contributed by atoms with van der Waals surface area (Å²) in [4.78, 5) is 15.1. The van der Waals surface area contributed by atoms with E-state index in [-0.39, 0.29) is 16.8 Å². The number of hydrogen-bond donors (Lipinski definition) is 0. The van der Waals surface area contributed by atoms with Gasteiger partial charge in [0, 0.05) is 23.8 Å². The molecule has 0 saturated heterocycles. The molecule has 2 aliphatic rings. The van der Waals surface area contributed by atoms with Crippen LogP contribution in [0, 0.1) is 0 Å². The van der Waals surface area contributed by atoms with Crippen molar-refractivity contribution in [3.63, 3.8) is 0 Å². The van der Waals surface area contributed by atoms with E-state index in [0.717, 1.165) is 35.3 Å². The molecule has 3 aromatic rings. The van der Waals surface area contributed by atoms with Crippen LogP contribution >= 0.6 is 0 Å². The SMILES string of the molecule is C[C@H]1Cc2cc(S(=O)(=O)N3CCCc4ccccc43)ccc2N1C(=O)c1ccccc1. The highest BCUT2D eigenvalue weighted by molar-refractivity contribution is 7.92. The summed E-state index contributed by atoms with van der Waals surface area (Å²) in [5.41, 5.74) is 4.14. The zero-order valence-corrected chi connectivity index (χ0v) is 18.2. The molecule has 158 valence electrons. The number of para-hydroxylation sites is 1. The maximum absolute atomic E-state index is 13.5. The number of amides is 1. The molecule has 0 aliphatic carbocycles. The molecule has 0 unspecified atom stereocenters. The van der Waals surface area contributed by atoms with Gasteiger partial charge in [-0.3, -0.25) is 9.10 Å². The molecular formula is C25H24N2O3S. The van der Waals surface area contributed by atoms with Crippen molar-refractivity contribution in [3.8, 4) is 0 Å². The van der Waals surface area contributed by atoms with Crippen LogP contribution in [0.25, 0.3) is 0 Å². The summed E-state index contributed by atoms with van der Waals surface area (Å²) in [6, 6.07) is 22.0. The van der Waals surface area contributed by atoms with E-state index in [1.807, 2.05) is 49.4 Å². The molecule has 0 N–H and O–H groups in total. The summed E-state index contributed by atoms with van der Waals surface area (Å²) in [7, 11) is -3.67. The van der Waals surface area contributed by atoms with Crippen LogP contribution in [0.15, 0.2) is 77.7 Å². The van der Waals surface area contributed by atoms with Gasteiger partial charge in [0.25, 0.3) is 15.9 Å². The van der Waals surface area contributed by atoms with Crippen LogP contribution in [-0.4, -0.2) is 26.9 Å². The number of carbonyl (C=O) groups is 1. The first kappa shape index (κ1) is 19.8. The molecule has 2 aliphatic heterocycles. The van der Waals surface area contributed by atoms with Crippen LogP contribution in [0.5, 0.6) is 0 Å². The van der Waals surface area contributed by atoms with E-state index in [9.17, 15) is 13.2 Å². The quantitative estimate of drug-likeness (QED) is 0.616. The zero-order chi connectivity index (χ0) is 21.6. The fourth-order valence-corrected chi connectivity index (χ4v) is 6.27. The number of aryl methyl sites for hydroxylation is 1. The van der Waals surface area contributed by atoms with Crippen molar-refractivity contribution in [1.82, 2.24) is 0 Å². The third-order valence-corrected chi connectivity index (χ3v) is 7.97. The van der Waals surface area contributed by atoms with Crippen molar-refractivity contribution in [1.29, 1.82) is 0 Å². The van der Waals surface area contributed by atoms with E-state index in [4.69, 9.17) is 0 Å². The van der Waals surface area contributed by atoms with Gasteiger partial charge in [0.15, 0.2) is 0 Å². The van der Waals surface area contributed by atoms with Gasteiger partial charge >= 0.3 is 0 Å². The third kappa shape index (κ3) is 3.31. The standard InChI is InChI=1S/C25H24N2O3S/c1-18-16-21-17-22(13-14-24(21)27(18)25(28)20-9-3-2-4-10-20)31(29,30)26-15-7-11-19-8-5-6-12-23(19)26/h2-6,8-10,12-14,17-18H,7,11,15-16H2,1H3/t18-/m0/s1. The Bertz CT molecular complexity index is 1250. The van der Waals surface area contributed by atoms with Crippen molar-refractivity contribution < 1.29 is 13.2 Å². The molecule has 0 aromatic heterocycles. The van der Waals surface area contributed by atoms with Crippen LogP contribution in [-0.2, 0) is 22.9 Å². The number of anilines is 2. The zero-order valence-electron chi connectivity index (χ0n) is 17.4. The fraction of sp³-hybridized carbons (Fsp3) is 0.240. The summed E-state index contributed by atoms with van der Waals surface area (Å²) < 4.78 is 28.6. The first-order chi connectivity index (χ1) is 15.0. The molecule has 0 saturated carbocycles. The Hall–Kier alpha value is -3.12. The summed E-state index contributed by atoms with van der Waals surface area (Å²) in [5.74, 6) is -0.0626. The molecule has 6 heteroatoms. The molecule has 0 fully saturated rings. The van der Waals surface area contributed by atoms with Crippen LogP contribution in [0.2, 0.25) is 0 Å². The van der Waals surface area contributed by atoms with E-state index in [0.29, 0.717) is 18.5 Å². The summed E-state index contributed by atoms with van der Waals surface area (Å²) in [6.45, 7) is 2.47. The van der Waals surface area contributed by atoms with Crippen LogP contribution in [0.4, 0.5) is 11.4 Å². The smallest absolute Gasteiger partial charge is 0.264 e. The van der Waals surface area contributed by atoms with Crippen molar-refractivity contribution in [2.75, 3.05) is 15.7 Å². The Kier molecular flexibility index (Phi) is 4.82. The molecule has 5 rings (SSSR count). The lowest BCUT2D eigenvalue weighted by atomic mass is 10.0. The Labute approximate surface area is 183 Å². The molecule has 1 amide bonds. The summed E-state index contributed by atoms with van der Waals surface area (Å²) in [5, 5.41) is 0. The predicted octanol–water partition coefficient (Wildman–Crippen LogP) is 4.42. The number of nitrogens with zero attached hydrogens (tertiary/aromatic N) is 2. The van der Waals surface area contributed by atoms with Gasteiger partial charge in [-0.1, -0.05) is 36.4 Å². The summed E-state index contributed by atoms with van der Waals surface area (Å²) >= 11 is 0. The fourth-order valence-electron chi connectivity index (χ4n) is 4.67. The predicted molar refractivity (Wildman–Crippen MR) is 122 cm³/mol. The van der Waals surface area contributed by atoms with E-state index in [2.05, 4.69) is 0 Å². The van der Waals surface area contributed by atoms with E-state index >= 15 is 0 Å². The van der Waals surface area contributed by atoms with Gasteiger partial charge in [-0.05, 0) is 73.7 Å². The van der Waals surface area contributed by atoms with E-state index in [1.54, 1.807) is 35.2 Å². The van der Waals surface area contributed by atoms with Gasteiger partial charge in [-0.2, -0.15) is 0 Å². The summed E-state index contributed by atoms with van der Waals surface area (Å²) in [6.07, 6.45) is 2.33. The van der Waals surface area contributed by atoms with Gasteiger partial charge in [-0.15, -0.1) is 0 Å². The van der Waals surface area contributed by atoms with Crippen molar-refractivity contribution in [3.05, 3.63) is 89.5 Å². The minimum absolute atomic E-state index is 0.0311. The van der Waals surface area contributed by atoms with Crippen LogP contribution < -0.4 is 9.21 Å². The average Bonchev–Trinajstić information content (AvgIpc) is 3.13. The number of hydrogen-bond acceptors (Lipinski definition) is 3. The number of benzene rings is 3. The number of rotatable bonds is 3. The number of fused-ring (bicyclic) bond motifs is 2. The molecule has 5 nitrogen and oxygen atoms in total. The molecule has 1 atom stereocenters. The van der Waals surface area contributed by atoms with Gasteiger partial charge in [0.2, 0.25) is 0 Å². The second-order valence-corrected chi connectivity index (χ2v) is 10.1. The van der Waals surface area contributed by atoms with E-state index in [1.165, 1.54) is 4.31 Å². The first-order valence-corrected chi connectivity index (χ1v) is 12.0. The molecule has 2 heterocycles. The third-order valence-electron chi connectivity index (χ3n) is 6.16. The Morgan fingerprint density at radius 2 is 1.65 bits per heavy atom. The topological polar surface area (TPSA) is 57.7 Å². The molecule has 3 aromatic carbocycles. The lowest BCUT2D eigenvalue weighted by molar-refractivity contribution is 0.0981. The highest BCUT2D eigenvalue weighted by atomic mass is 32.2. The molecule has 0 spiro atoms. The van der Waals surface area contributed by atoms with Gasteiger partial charge < -0.3 is 4.90 Å². The van der Waals surface area contributed by atoms with Crippen molar-refractivity contribution >= 4 is 27.3 Å². The number of carbonyl (C=O) groups excluding carboxylic acids is 1. The minimum atomic E-state index is -3.67. The lowest BCUT2D eigenvalue weighted by Crippen LogP contribution is -2.36. The Morgan fingerprint density at radius 1 is 0.903 bits per heavy atom. The molecule has 31 heavy (non-hydrogen) atoms. The Morgan fingerprint density at radius 3 is 2.45 bits per heavy atom. The largest absolute Gasteiger partial charge is 0.305 e. The van der Waals surface area contributed by atoms with Crippen molar-refractivity contribution in [2.24, 2.45) is 0 Å².